The van der Waals surface area contributed by atoms with E-state index in [4.69, 9.17) is 9.47 Å². The van der Waals surface area contributed by atoms with Gasteiger partial charge in [-0.1, -0.05) is 0 Å². The van der Waals surface area contributed by atoms with Gasteiger partial charge in [-0.05, 0) is 127 Å². The van der Waals surface area contributed by atoms with Gasteiger partial charge < -0.3 is 9.47 Å². The van der Waals surface area contributed by atoms with Crippen LogP contribution >= 0.6 is 0 Å². The van der Waals surface area contributed by atoms with Gasteiger partial charge in [-0.25, -0.2) is 0 Å². The highest BCUT2D eigenvalue weighted by atomic mass is 16.5. The van der Waals surface area contributed by atoms with Crippen molar-refractivity contribution in [2.75, 3.05) is 19.7 Å². The minimum Gasteiger partial charge on any atom is -0.375 e. The molecule has 4 aliphatic heterocycles. The average Bonchev–Trinajstić information content (AvgIpc) is 2.66. The van der Waals surface area contributed by atoms with Crippen molar-refractivity contribution in [3.8, 4) is 0 Å². The quantitative estimate of drug-likeness (QED) is 0.448. The molecule has 0 saturated carbocycles. The summed E-state index contributed by atoms with van der Waals surface area (Å²) in [6, 6.07) is 1.29. The molecule has 33 heavy (non-hydrogen) atoms. The number of rotatable bonds is 2. The fourth-order valence-corrected chi connectivity index (χ4v) is 7.94. The van der Waals surface area contributed by atoms with Crippen LogP contribution < -0.4 is 0 Å². The molecule has 2 spiro atoms. The zero-order valence-electron chi connectivity index (χ0n) is 23.6. The van der Waals surface area contributed by atoms with E-state index in [2.05, 4.69) is 72.1 Å². The number of piperidine rings is 2. The fourth-order valence-electron chi connectivity index (χ4n) is 7.94. The Kier molecular flexibility index (Phi) is 8.68. The standard InChI is InChI=1S/C15H29NO.C14H27NO/c1-12(2)16-10-9-15(11-14(16,4)5)8-6-7-13(3)17-15;1-12(2)15-9-8-14(11-13(15,3)4)7-5-6-10-16-14/h12-13H,6-11H2,1-5H3;12H,5-11H2,1-4H3. The van der Waals surface area contributed by atoms with E-state index >= 15 is 0 Å². The smallest absolute Gasteiger partial charge is 0.0715 e. The molecular formula is C29H56N2O2. The molecule has 0 bridgehead atoms. The Morgan fingerprint density at radius 3 is 1.67 bits per heavy atom. The van der Waals surface area contributed by atoms with Crippen LogP contribution in [0.25, 0.3) is 0 Å². The lowest BCUT2D eigenvalue weighted by molar-refractivity contribution is -0.174. The van der Waals surface area contributed by atoms with E-state index in [1.807, 2.05) is 0 Å². The summed E-state index contributed by atoms with van der Waals surface area (Å²) in [4.78, 5) is 5.27. The maximum atomic E-state index is 6.35. The van der Waals surface area contributed by atoms with E-state index in [0.717, 1.165) is 6.61 Å². The summed E-state index contributed by atoms with van der Waals surface area (Å²) >= 11 is 0. The Balaban J connectivity index is 0.000000186. The molecule has 194 valence electrons. The van der Waals surface area contributed by atoms with Crippen molar-refractivity contribution < 1.29 is 9.47 Å². The van der Waals surface area contributed by atoms with Gasteiger partial charge in [-0.2, -0.15) is 0 Å². The van der Waals surface area contributed by atoms with Crippen LogP contribution in [-0.4, -0.2) is 70.0 Å². The summed E-state index contributed by atoms with van der Waals surface area (Å²) in [5, 5.41) is 0. The van der Waals surface area contributed by atoms with Gasteiger partial charge in [0.2, 0.25) is 0 Å². The van der Waals surface area contributed by atoms with Crippen molar-refractivity contribution in [2.24, 2.45) is 0 Å². The molecule has 3 unspecified atom stereocenters. The van der Waals surface area contributed by atoms with Crippen LogP contribution in [0.2, 0.25) is 0 Å². The second-order valence-corrected chi connectivity index (χ2v) is 13.5. The Bertz CT molecular complexity index is 623. The molecule has 0 radical (unpaired) electrons. The van der Waals surface area contributed by atoms with E-state index in [1.54, 1.807) is 0 Å². The van der Waals surface area contributed by atoms with E-state index in [-0.39, 0.29) is 16.7 Å². The Hall–Kier alpha value is -0.160. The lowest BCUT2D eigenvalue weighted by Gasteiger charge is -2.54. The molecule has 0 aliphatic carbocycles. The first kappa shape index (κ1) is 27.4. The topological polar surface area (TPSA) is 24.9 Å². The number of likely N-dealkylation sites (tertiary alicyclic amines) is 2. The Morgan fingerprint density at radius 2 is 1.21 bits per heavy atom. The lowest BCUT2D eigenvalue weighted by Crippen LogP contribution is -2.60. The van der Waals surface area contributed by atoms with E-state index in [9.17, 15) is 0 Å². The third-order valence-electron chi connectivity index (χ3n) is 9.06. The number of hydrogen-bond donors (Lipinski definition) is 0. The van der Waals surface area contributed by atoms with Crippen LogP contribution in [0.15, 0.2) is 0 Å². The molecule has 0 amide bonds. The van der Waals surface area contributed by atoms with Gasteiger partial charge in [0.1, 0.15) is 0 Å². The molecule has 0 aromatic heterocycles. The molecule has 0 aromatic rings. The normalized spacial score (nSPS) is 37.4. The number of hydrogen-bond acceptors (Lipinski definition) is 4. The minimum absolute atomic E-state index is 0.187. The van der Waals surface area contributed by atoms with Gasteiger partial charge in [0.25, 0.3) is 0 Å². The van der Waals surface area contributed by atoms with Crippen LogP contribution in [0.4, 0.5) is 0 Å². The van der Waals surface area contributed by atoms with Crippen molar-refractivity contribution in [3.05, 3.63) is 0 Å². The third-order valence-corrected chi connectivity index (χ3v) is 9.06. The highest BCUT2D eigenvalue weighted by Gasteiger charge is 2.47. The first-order chi connectivity index (χ1) is 15.3. The van der Waals surface area contributed by atoms with Gasteiger partial charge in [0.05, 0.1) is 17.3 Å². The van der Waals surface area contributed by atoms with Crippen molar-refractivity contribution in [3.63, 3.8) is 0 Å². The second kappa shape index (κ2) is 10.4. The SMILES string of the molecule is CC(C)N1CCC2(CCCCO2)CC1(C)C.CC1CCCC2(CCN(C(C)C)C(C)(C)C2)O1. The summed E-state index contributed by atoms with van der Waals surface area (Å²) in [6.45, 7) is 24.4. The Morgan fingerprint density at radius 1 is 0.697 bits per heavy atom. The van der Waals surface area contributed by atoms with E-state index in [1.165, 1.54) is 77.3 Å². The molecule has 3 atom stereocenters. The van der Waals surface area contributed by atoms with Gasteiger partial charge >= 0.3 is 0 Å². The molecule has 4 nitrogen and oxygen atoms in total. The van der Waals surface area contributed by atoms with E-state index in [0.29, 0.717) is 23.7 Å². The average molecular weight is 465 g/mol. The van der Waals surface area contributed by atoms with Crippen LogP contribution in [0.3, 0.4) is 0 Å². The molecule has 0 aromatic carbocycles. The number of ether oxygens (including phenoxy) is 2. The molecular weight excluding hydrogens is 408 g/mol. The second-order valence-electron chi connectivity index (χ2n) is 13.5. The summed E-state index contributed by atoms with van der Waals surface area (Å²) in [5.74, 6) is 0. The zero-order chi connectivity index (χ0) is 24.5. The summed E-state index contributed by atoms with van der Waals surface area (Å²) < 4.78 is 12.5. The van der Waals surface area contributed by atoms with Crippen LogP contribution in [0.5, 0.6) is 0 Å². The van der Waals surface area contributed by atoms with Gasteiger partial charge in [-0.3, -0.25) is 9.80 Å². The minimum atomic E-state index is 0.187. The van der Waals surface area contributed by atoms with E-state index < -0.39 is 0 Å². The maximum Gasteiger partial charge on any atom is 0.0715 e. The highest BCUT2D eigenvalue weighted by molar-refractivity contribution is 5.02. The van der Waals surface area contributed by atoms with Crippen molar-refractivity contribution in [1.29, 1.82) is 0 Å². The monoisotopic (exact) mass is 464 g/mol. The highest BCUT2D eigenvalue weighted by Crippen LogP contribution is 2.44. The van der Waals surface area contributed by atoms with Crippen molar-refractivity contribution >= 4 is 0 Å². The fraction of sp³-hybridized carbons (Fsp3) is 1.00. The summed E-state index contributed by atoms with van der Waals surface area (Å²) in [5.41, 5.74) is 0.979. The lowest BCUT2D eigenvalue weighted by atomic mass is 9.74. The van der Waals surface area contributed by atoms with Gasteiger partial charge in [0.15, 0.2) is 0 Å². The molecule has 4 saturated heterocycles. The summed E-state index contributed by atoms with van der Waals surface area (Å²) in [7, 11) is 0. The molecule has 4 fully saturated rings. The van der Waals surface area contributed by atoms with Crippen LogP contribution in [-0.2, 0) is 9.47 Å². The Labute approximate surface area is 206 Å². The molecule has 4 heteroatoms. The molecule has 4 rings (SSSR count). The van der Waals surface area contributed by atoms with Crippen molar-refractivity contribution in [1.82, 2.24) is 9.80 Å². The predicted octanol–water partition coefficient (Wildman–Crippen LogP) is 6.81. The van der Waals surface area contributed by atoms with Crippen molar-refractivity contribution in [2.45, 2.75) is 167 Å². The first-order valence-electron chi connectivity index (χ1n) is 14.2. The third kappa shape index (κ3) is 6.54. The van der Waals surface area contributed by atoms with Gasteiger partial charge in [0, 0.05) is 42.9 Å². The van der Waals surface area contributed by atoms with Crippen LogP contribution in [0, 0.1) is 0 Å². The largest absolute Gasteiger partial charge is 0.375 e. The predicted molar refractivity (Wildman–Crippen MR) is 140 cm³/mol. The molecule has 4 heterocycles. The summed E-state index contributed by atoms with van der Waals surface area (Å²) in [6.07, 6.45) is 13.1. The van der Waals surface area contributed by atoms with Crippen LogP contribution in [0.1, 0.15) is 127 Å². The van der Waals surface area contributed by atoms with Gasteiger partial charge in [-0.15, -0.1) is 0 Å². The number of nitrogens with zero attached hydrogens (tertiary/aromatic N) is 2. The maximum absolute atomic E-state index is 6.35. The zero-order valence-corrected chi connectivity index (χ0v) is 23.6. The molecule has 4 aliphatic rings. The molecule has 0 N–H and O–H groups in total. The first-order valence-corrected chi connectivity index (χ1v) is 14.2.